The molecular formula is C50H82BaO8. The third kappa shape index (κ3) is 38.2. The third-order valence-electron chi connectivity index (χ3n) is 10.9. The minimum absolute atomic E-state index is 0. The number of benzene rings is 2. The molecule has 0 bridgehead atoms. The molecular weight excluding hydrogens is 866 g/mol. The van der Waals surface area contributed by atoms with Gasteiger partial charge in [-0.3, -0.25) is 0 Å². The molecule has 332 valence electrons. The SMILES string of the molecule is CCCCCC(CCCCCCC(O)CCCCC(=O)[O-])OCc1ccccc1.CCCCCC(CCCCCCC(O)CCCCC(=O)[O-])OCc1ccccc1.[Ba+2]. The van der Waals surface area contributed by atoms with Crippen molar-refractivity contribution in [1.82, 2.24) is 0 Å². The first-order chi connectivity index (χ1) is 28.2. The number of carboxylic acid groups (broad SMARTS) is 2. The number of aliphatic hydroxyl groups is 2. The van der Waals surface area contributed by atoms with Crippen LogP contribution < -0.4 is 10.2 Å². The Bertz CT molecular complexity index is 1110. The Balaban J connectivity index is 0.00000112. The molecule has 0 amide bonds. The van der Waals surface area contributed by atoms with Crippen LogP contribution in [0.3, 0.4) is 0 Å². The number of hydrogen-bond acceptors (Lipinski definition) is 8. The van der Waals surface area contributed by atoms with E-state index < -0.39 is 11.9 Å². The second-order valence-electron chi connectivity index (χ2n) is 16.4. The maximum atomic E-state index is 10.4. The number of unbranched alkanes of at least 4 members (excludes halogenated alkanes) is 12. The summed E-state index contributed by atoms with van der Waals surface area (Å²) in [7, 11) is 0. The van der Waals surface area contributed by atoms with Crippen LogP contribution in [-0.4, -0.2) is 95.4 Å². The van der Waals surface area contributed by atoms with Crippen LogP contribution in [0.25, 0.3) is 0 Å². The summed E-state index contributed by atoms with van der Waals surface area (Å²) in [6.07, 6.45) is 27.1. The topological polar surface area (TPSA) is 139 Å². The van der Waals surface area contributed by atoms with Crippen LogP contribution in [0.5, 0.6) is 0 Å². The number of aliphatic carboxylic acids is 2. The molecule has 0 aliphatic heterocycles. The summed E-state index contributed by atoms with van der Waals surface area (Å²) in [6, 6.07) is 20.8. The molecule has 4 atom stereocenters. The van der Waals surface area contributed by atoms with Crippen LogP contribution in [0.1, 0.15) is 205 Å². The molecule has 8 nitrogen and oxygen atoms in total. The van der Waals surface area contributed by atoms with Crippen LogP contribution in [0.2, 0.25) is 0 Å². The normalized spacial score (nSPS) is 13.1. The van der Waals surface area contributed by atoms with Gasteiger partial charge in [-0.1, -0.05) is 177 Å². The van der Waals surface area contributed by atoms with Crippen molar-refractivity contribution in [1.29, 1.82) is 0 Å². The Morgan fingerprint density at radius 1 is 0.458 bits per heavy atom. The number of carbonyl (C=O) groups is 2. The number of carbonyl (C=O) groups excluding carboxylic acids is 2. The molecule has 2 aromatic carbocycles. The van der Waals surface area contributed by atoms with Gasteiger partial charge in [0.2, 0.25) is 0 Å². The van der Waals surface area contributed by atoms with E-state index in [1.165, 1.54) is 75.3 Å². The summed E-state index contributed by atoms with van der Waals surface area (Å²) >= 11 is 0. The zero-order valence-corrected chi connectivity index (χ0v) is 41.8. The maximum Gasteiger partial charge on any atom is 2.00 e. The summed E-state index contributed by atoms with van der Waals surface area (Å²) in [4.78, 5) is 20.7. The van der Waals surface area contributed by atoms with Crippen molar-refractivity contribution in [3.05, 3.63) is 71.8 Å². The van der Waals surface area contributed by atoms with Crippen molar-refractivity contribution in [3.8, 4) is 0 Å². The fourth-order valence-electron chi connectivity index (χ4n) is 7.24. The Hall–Kier alpha value is -1.21. The van der Waals surface area contributed by atoms with E-state index in [9.17, 15) is 30.0 Å². The Morgan fingerprint density at radius 3 is 1.05 bits per heavy atom. The molecule has 2 rings (SSSR count). The van der Waals surface area contributed by atoms with Crippen molar-refractivity contribution in [3.63, 3.8) is 0 Å². The van der Waals surface area contributed by atoms with Gasteiger partial charge >= 0.3 is 48.9 Å². The fourth-order valence-corrected chi connectivity index (χ4v) is 7.24. The first kappa shape index (κ1) is 57.8. The average Bonchev–Trinajstić information content (AvgIpc) is 3.22. The minimum atomic E-state index is -1.000. The van der Waals surface area contributed by atoms with Crippen LogP contribution in [0.4, 0.5) is 0 Å². The Kier molecular flexibility index (Phi) is 41.2. The first-order valence-electron chi connectivity index (χ1n) is 23.3. The van der Waals surface area contributed by atoms with Crippen molar-refractivity contribution in [2.45, 2.75) is 231 Å². The van der Waals surface area contributed by atoms with Crippen molar-refractivity contribution in [2.24, 2.45) is 0 Å². The second-order valence-corrected chi connectivity index (χ2v) is 16.4. The monoisotopic (exact) mass is 949 g/mol. The molecule has 0 saturated carbocycles. The third-order valence-corrected chi connectivity index (χ3v) is 10.9. The van der Waals surface area contributed by atoms with Crippen LogP contribution in [0.15, 0.2) is 60.7 Å². The van der Waals surface area contributed by atoms with Gasteiger partial charge in [0.1, 0.15) is 0 Å². The number of carboxylic acids is 2. The number of ether oxygens (including phenoxy) is 2. The van der Waals surface area contributed by atoms with Crippen molar-refractivity contribution in [2.75, 3.05) is 0 Å². The van der Waals surface area contributed by atoms with E-state index in [1.807, 2.05) is 12.1 Å². The molecule has 0 heterocycles. The zero-order valence-electron chi connectivity index (χ0n) is 37.3. The van der Waals surface area contributed by atoms with E-state index in [4.69, 9.17) is 9.47 Å². The maximum absolute atomic E-state index is 10.4. The summed E-state index contributed by atoms with van der Waals surface area (Å²) in [5, 5.41) is 40.7. The van der Waals surface area contributed by atoms with E-state index in [-0.39, 0.29) is 73.9 Å². The quantitative estimate of drug-likeness (QED) is 0.0501. The van der Waals surface area contributed by atoms with Gasteiger partial charge in [0.05, 0.1) is 37.6 Å². The molecule has 0 spiro atoms. The number of aliphatic hydroxyl groups excluding tert-OH is 2. The predicted molar refractivity (Wildman–Crippen MR) is 238 cm³/mol. The predicted octanol–water partition coefficient (Wildman–Crippen LogP) is 9.95. The molecule has 9 heteroatoms. The summed E-state index contributed by atoms with van der Waals surface area (Å²) in [6.45, 7) is 5.86. The molecule has 2 aromatic rings. The molecule has 0 saturated heterocycles. The molecule has 4 unspecified atom stereocenters. The summed E-state index contributed by atoms with van der Waals surface area (Å²) < 4.78 is 12.4. The van der Waals surface area contributed by atoms with Crippen LogP contribution >= 0.6 is 0 Å². The van der Waals surface area contributed by atoms with Crippen LogP contribution in [0, 0.1) is 0 Å². The number of hydrogen-bond donors (Lipinski definition) is 2. The molecule has 59 heavy (non-hydrogen) atoms. The minimum Gasteiger partial charge on any atom is -0.550 e. The molecule has 0 aliphatic rings. The standard InChI is InChI=1S/2C25H42O4.Ba/c2*1-2-3-7-18-24(29-21-22-14-8-6-9-15-22)19-11-5-4-10-16-23(26)17-12-13-20-25(27)28;/h2*6,8-9,14-15,23-24,26H,2-5,7,10-13,16-21H2,1H3,(H,27,28);/q;;+2/p-2. The largest absolute Gasteiger partial charge is 2.00 e. The van der Waals surface area contributed by atoms with E-state index in [0.717, 1.165) is 77.0 Å². The van der Waals surface area contributed by atoms with Crippen LogP contribution in [-0.2, 0) is 32.3 Å². The van der Waals surface area contributed by atoms with Gasteiger partial charge in [-0.25, -0.2) is 0 Å². The summed E-state index contributed by atoms with van der Waals surface area (Å²) in [5.74, 6) is -2.00. The Morgan fingerprint density at radius 2 is 0.746 bits per heavy atom. The zero-order chi connectivity index (χ0) is 42.3. The van der Waals surface area contributed by atoms with Gasteiger partial charge in [-0.15, -0.1) is 0 Å². The van der Waals surface area contributed by atoms with E-state index in [2.05, 4.69) is 62.4 Å². The molecule has 2 N–H and O–H groups in total. The van der Waals surface area contributed by atoms with E-state index >= 15 is 0 Å². The van der Waals surface area contributed by atoms with Crippen molar-refractivity contribution < 1.29 is 39.5 Å². The first-order valence-corrected chi connectivity index (χ1v) is 23.3. The average molecular weight is 949 g/mol. The Labute approximate surface area is 400 Å². The van der Waals surface area contributed by atoms with Gasteiger partial charge in [0.25, 0.3) is 0 Å². The molecule has 0 fully saturated rings. The molecule has 0 aromatic heterocycles. The van der Waals surface area contributed by atoms with Crippen molar-refractivity contribution >= 4 is 60.8 Å². The smallest absolute Gasteiger partial charge is 0.550 e. The molecule has 0 radical (unpaired) electrons. The fraction of sp³-hybridized carbons (Fsp3) is 0.720. The second kappa shape index (κ2) is 42.1. The number of rotatable bonds is 38. The van der Waals surface area contributed by atoms with E-state index in [1.54, 1.807) is 0 Å². The van der Waals surface area contributed by atoms with Gasteiger partial charge in [0.15, 0.2) is 0 Å². The molecule has 0 aliphatic carbocycles. The van der Waals surface area contributed by atoms with Gasteiger partial charge < -0.3 is 39.5 Å². The van der Waals surface area contributed by atoms with Gasteiger partial charge in [-0.2, -0.15) is 0 Å². The van der Waals surface area contributed by atoms with Gasteiger partial charge in [0, 0.05) is 11.9 Å². The van der Waals surface area contributed by atoms with Gasteiger partial charge in [-0.05, 0) is 88.2 Å². The van der Waals surface area contributed by atoms with E-state index in [0.29, 0.717) is 51.1 Å². The summed E-state index contributed by atoms with van der Waals surface area (Å²) in [5.41, 5.74) is 2.48.